The Morgan fingerprint density at radius 1 is 1.42 bits per heavy atom. The Morgan fingerprint density at radius 2 is 1.83 bits per heavy atom. The summed E-state index contributed by atoms with van der Waals surface area (Å²) in [5.41, 5.74) is 0. The Hall–Kier alpha value is -0.740. The van der Waals surface area contributed by atoms with Gasteiger partial charge in [0.2, 0.25) is 0 Å². The SMILES string of the molecule is CC(C)[C@@H](CC(F)(F)F)C(=O)O. The molecule has 0 aromatic rings. The van der Waals surface area contributed by atoms with E-state index in [1.54, 1.807) is 0 Å². The summed E-state index contributed by atoms with van der Waals surface area (Å²) in [6.45, 7) is 2.93. The van der Waals surface area contributed by atoms with Crippen LogP contribution in [0.5, 0.6) is 0 Å². The number of rotatable bonds is 3. The number of carboxylic acid groups (broad SMARTS) is 1. The van der Waals surface area contributed by atoms with Crippen LogP contribution in [-0.2, 0) is 4.79 Å². The van der Waals surface area contributed by atoms with Gasteiger partial charge in [-0.1, -0.05) is 13.8 Å². The van der Waals surface area contributed by atoms with Gasteiger partial charge in [0.1, 0.15) is 0 Å². The van der Waals surface area contributed by atoms with E-state index in [0.717, 1.165) is 0 Å². The first kappa shape index (κ1) is 11.3. The van der Waals surface area contributed by atoms with Crippen LogP contribution in [0.2, 0.25) is 0 Å². The number of hydrogen-bond acceptors (Lipinski definition) is 1. The summed E-state index contributed by atoms with van der Waals surface area (Å²) in [6.07, 6.45) is -5.65. The molecule has 0 aromatic carbocycles. The average Bonchev–Trinajstić information content (AvgIpc) is 1.79. The van der Waals surface area contributed by atoms with Crippen molar-refractivity contribution in [2.24, 2.45) is 11.8 Å². The zero-order valence-corrected chi connectivity index (χ0v) is 6.85. The Bertz CT molecular complexity index is 163. The molecule has 0 aliphatic rings. The lowest BCUT2D eigenvalue weighted by Crippen LogP contribution is -2.26. The number of carbonyl (C=O) groups is 1. The van der Waals surface area contributed by atoms with Gasteiger partial charge >= 0.3 is 12.1 Å². The van der Waals surface area contributed by atoms with E-state index in [0.29, 0.717) is 0 Å². The van der Waals surface area contributed by atoms with Crippen molar-refractivity contribution in [3.63, 3.8) is 0 Å². The third kappa shape index (κ3) is 4.20. The predicted molar refractivity (Wildman–Crippen MR) is 36.6 cm³/mol. The normalized spacial score (nSPS) is 14.8. The van der Waals surface area contributed by atoms with E-state index < -0.39 is 30.4 Å². The standard InChI is InChI=1S/C7H11F3O2/c1-4(2)5(6(11)12)3-7(8,9)10/h4-5H,3H2,1-2H3,(H,11,12)/t5-/m1/s1. The predicted octanol–water partition coefficient (Wildman–Crippen LogP) is 2.30. The first-order valence-corrected chi connectivity index (χ1v) is 3.53. The number of alkyl halides is 3. The van der Waals surface area contributed by atoms with Gasteiger partial charge in [-0.2, -0.15) is 13.2 Å². The molecule has 0 unspecified atom stereocenters. The summed E-state index contributed by atoms with van der Waals surface area (Å²) in [4.78, 5) is 10.3. The van der Waals surface area contributed by atoms with Crippen molar-refractivity contribution in [2.45, 2.75) is 26.4 Å². The van der Waals surface area contributed by atoms with Gasteiger partial charge in [-0.3, -0.25) is 4.79 Å². The van der Waals surface area contributed by atoms with Gasteiger partial charge in [0, 0.05) is 0 Å². The second kappa shape index (κ2) is 3.78. The van der Waals surface area contributed by atoms with Crippen LogP contribution in [0, 0.1) is 11.8 Å². The highest BCUT2D eigenvalue weighted by molar-refractivity contribution is 5.70. The molecule has 0 saturated heterocycles. The van der Waals surface area contributed by atoms with E-state index in [1.807, 2.05) is 0 Å². The van der Waals surface area contributed by atoms with Crippen LogP contribution in [0.25, 0.3) is 0 Å². The van der Waals surface area contributed by atoms with Crippen molar-refractivity contribution in [1.82, 2.24) is 0 Å². The van der Waals surface area contributed by atoms with Crippen LogP contribution in [0.1, 0.15) is 20.3 Å². The minimum atomic E-state index is -4.40. The van der Waals surface area contributed by atoms with E-state index in [4.69, 9.17) is 5.11 Å². The maximum absolute atomic E-state index is 11.8. The van der Waals surface area contributed by atoms with Crippen LogP contribution in [0.15, 0.2) is 0 Å². The molecule has 0 aliphatic carbocycles. The summed E-state index contributed by atoms with van der Waals surface area (Å²) in [7, 11) is 0. The molecule has 1 atom stereocenters. The van der Waals surface area contributed by atoms with Crippen LogP contribution in [0.4, 0.5) is 13.2 Å². The van der Waals surface area contributed by atoms with Gasteiger partial charge in [0.15, 0.2) is 0 Å². The van der Waals surface area contributed by atoms with E-state index in [1.165, 1.54) is 13.8 Å². The van der Waals surface area contributed by atoms with Crippen molar-refractivity contribution in [1.29, 1.82) is 0 Å². The van der Waals surface area contributed by atoms with Gasteiger partial charge < -0.3 is 5.11 Å². The molecule has 0 aliphatic heterocycles. The van der Waals surface area contributed by atoms with E-state index in [2.05, 4.69) is 0 Å². The first-order chi connectivity index (χ1) is 5.24. The second-order valence-electron chi connectivity index (χ2n) is 3.01. The third-order valence-corrected chi connectivity index (χ3v) is 1.57. The number of halogens is 3. The molecule has 0 amide bonds. The summed E-state index contributed by atoms with van der Waals surface area (Å²) < 4.78 is 35.3. The highest BCUT2D eigenvalue weighted by Crippen LogP contribution is 2.28. The topological polar surface area (TPSA) is 37.3 Å². The van der Waals surface area contributed by atoms with Crippen LogP contribution in [0.3, 0.4) is 0 Å². The molecule has 0 fully saturated rings. The molecule has 5 heteroatoms. The van der Waals surface area contributed by atoms with Gasteiger partial charge in [-0.25, -0.2) is 0 Å². The maximum atomic E-state index is 11.8. The summed E-state index contributed by atoms with van der Waals surface area (Å²) in [5, 5.41) is 8.41. The monoisotopic (exact) mass is 184 g/mol. The molecule has 0 bridgehead atoms. The Kier molecular flexibility index (Phi) is 3.55. The first-order valence-electron chi connectivity index (χ1n) is 3.53. The molecule has 0 saturated carbocycles. The zero-order valence-electron chi connectivity index (χ0n) is 6.85. The van der Waals surface area contributed by atoms with Crippen molar-refractivity contribution in [3.8, 4) is 0 Å². The quantitative estimate of drug-likeness (QED) is 0.730. The summed E-state index contributed by atoms with van der Waals surface area (Å²) in [5.74, 6) is -3.21. The molecule has 0 radical (unpaired) electrons. The van der Waals surface area contributed by atoms with Crippen molar-refractivity contribution in [3.05, 3.63) is 0 Å². The minimum absolute atomic E-state index is 0.496. The molecule has 72 valence electrons. The van der Waals surface area contributed by atoms with Crippen LogP contribution >= 0.6 is 0 Å². The van der Waals surface area contributed by atoms with Crippen molar-refractivity contribution < 1.29 is 23.1 Å². The molecular formula is C7H11F3O2. The van der Waals surface area contributed by atoms with Gasteiger partial charge in [-0.05, 0) is 5.92 Å². The molecule has 2 nitrogen and oxygen atoms in total. The maximum Gasteiger partial charge on any atom is 0.389 e. The highest BCUT2D eigenvalue weighted by atomic mass is 19.4. The Labute approximate surface area is 68.4 Å². The lowest BCUT2D eigenvalue weighted by Gasteiger charge is -2.17. The summed E-state index contributed by atoms with van der Waals surface area (Å²) in [6, 6.07) is 0. The molecule has 1 N–H and O–H groups in total. The van der Waals surface area contributed by atoms with Crippen LogP contribution in [-0.4, -0.2) is 17.3 Å². The van der Waals surface area contributed by atoms with Crippen molar-refractivity contribution >= 4 is 5.97 Å². The average molecular weight is 184 g/mol. The smallest absolute Gasteiger partial charge is 0.389 e. The van der Waals surface area contributed by atoms with Gasteiger partial charge in [-0.15, -0.1) is 0 Å². The van der Waals surface area contributed by atoms with E-state index >= 15 is 0 Å². The molecule has 0 spiro atoms. The Balaban J connectivity index is 4.25. The summed E-state index contributed by atoms with van der Waals surface area (Å²) >= 11 is 0. The second-order valence-corrected chi connectivity index (χ2v) is 3.01. The fourth-order valence-corrected chi connectivity index (χ4v) is 0.858. The molecular weight excluding hydrogens is 173 g/mol. The molecule has 0 rings (SSSR count). The zero-order chi connectivity index (χ0) is 9.94. The van der Waals surface area contributed by atoms with Crippen molar-refractivity contribution in [2.75, 3.05) is 0 Å². The minimum Gasteiger partial charge on any atom is -0.481 e. The third-order valence-electron chi connectivity index (χ3n) is 1.57. The van der Waals surface area contributed by atoms with Gasteiger partial charge in [0.25, 0.3) is 0 Å². The fourth-order valence-electron chi connectivity index (χ4n) is 0.858. The highest BCUT2D eigenvalue weighted by Gasteiger charge is 2.36. The fraction of sp³-hybridized carbons (Fsp3) is 0.857. The number of carboxylic acids is 1. The van der Waals surface area contributed by atoms with E-state index in [9.17, 15) is 18.0 Å². The molecule has 0 heterocycles. The lowest BCUT2D eigenvalue weighted by atomic mass is 9.92. The molecule has 0 aromatic heterocycles. The lowest BCUT2D eigenvalue weighted by molar-refractivity contribution is -0.166. The van der Waals surface area contributed by atoms with Gasteiger partial charge in [0.05, 0.1) is 12.3 Å². The largest absolute Gasteiger partial charge is 0.481 e. The molecule has 12 heavy (non-hydrogen) atoms. The van der Waals surface area contributed by atoms with Crippen LogP contribution < -0.4 is 0 Å². The Morgan fingerprint density at radius 3 is 1.92 bits per heavy atom. The van der Waals surface area contributed by atoms with E-state index in [-0.39, 0.29) is 0 Å². The number of aliphatic carboxylic acids is 1. The number of hydrogen-bond donors (Lipinski definition) is 1.